The predicted octanol–water partition coefficient (Wildman–Crippen LogP) is 2.68. The van der Waals surface area contributed by atoms with E-state index in [1.807, 2.05) is 10.8 Å². The van der Waals surface area contributed by atoms with E-state index >= 15 is 0 Å². The zero-order chi connectivity index (χ0) is 18.4. The van der Waals surface area contributed by atoms with Crippen LogP contribution in [0, 0.1) is 6.92 Å². The van der Waals surface area contributed by atoms with Gasteiger partial charge in [0.1, 0.15) is 0 Å². The van der Waals surface area contributed by atoms with E-state index in [1.54, 1.807) is 37.3 Å². The molecule has 6 nitrogen and oxygen atoms in total. The second-order valence-electron chi connectivity index (χ2n) is 5.40. The van der Waals surface area contributed by atoms with Gasteiger partial charge in [0.25, 0.3) is 15.9 Å². The van der Waals surface area contributed by atoms with Gasteiger partial charge >= 0.3 is 0 Å². The van der Waals surface area contributed by atoms with Crippen LogP contribution in [0.4, 0.5) is 5.69 Å². The molecule has 0 aliphatic rings. The normalized spacial score (nSPS) is 11.3. The number of hydrogen-bond acceptors (Lipinski definition) is 4. The van der Waals surface area contributed by atoms with E-state index in [0.29, 0.717) is 11.3 Å². The third-order valence-electron chi connectivity index (χ3n) is 3.28. The Labute approximate surface area is 146 Å². The van der Waals surface area contributed by atoms with E-state index in [4.69, 9.17) is 0 Å². The fourth-order valence-corrected chi connectivity index (χ4v) is 2.82. The SMILES string of the molecule is CC(=O)Nc1cc(C(=O)NS(=O)(=O)/C=C/c2ccccc2)ccc1C. The quantitative estimate of drug-likeness (QED) is 0.859. The largest absolute Gasteiger partial charge is 0.326 e. The first-order valence-electron chi connectivity index (χ1n) is 7.45. The summed E-state index contributed by atoms with van der Waals surface area (Å²) in [5.74, 6) is -1.05. The number of benzene rings is 2. The maximum Gasteiger partial charge on any atom is 0.265 e. The molecule has 0 spiro atoms. The summed E-state index contributed by atoms with van der Waals surface area (Å²) in [4.78, 5) is 23.4. The lowest BCUT2D eigenvalue weighted by Crippen LogP contribution is -2.28. The Hall–Kier alpha value is -2.93. The van der Waals surface area contributed by atoms with E-state index < -0.39 is 15.9 Å². The summed E-state index contributed by atoms with van der Waals surface area (Å²) in [6.07, 6.45) is 1.40. The molecule has 2 rings (SSSR count). The molecule has 0 aromatic heterocycles. The van der Waals surface area contributed by atoms with Crippen LogP contribution in [-0.2, 0) is 14.8 Å². The highest BCUT2D eigenvalue weighted by molar-refractivity contribution is 7.93. The van der Waals surface area contributed by atoms with Gasteiger partial charge in [0.15, 0.2) is 0 Å². The van der Waals surface area contributed by atoms with Gasteiger partial charge in [0.05, 0.1) is 5.41 Å². The summed E-state index contributed by atoms with van der Waals surface area (Å²) in [5, 5.41) is 3.53. The van der Waals surface area contributed by atoms with Crippen LogP contribution in [0.25, 0.3) is 6.08 Å². The average Bonchev–Trinajstić information content (AvgIpc) is 2.55. The van der Waals surface area contributed by atoms with Crippen molar-refractivity contribution >= 4 is 33.6 Å². The number of carbonyl (C=O) groups is 2. The van der Waals surface area contributed by atoms with Crippen LogP contribution in [0.15, 0.2) is 53.9 Å². The molecule has 0 aliphatic heterocycles. The third kappa shape index (κ3) is 5.58. The highest BCUT2D eigenvalue weighted by atomic mass is 32.2. The molecular weight excluding hydrogens is 340 g/mol. The number of rotatable bonds is 5. The Bertz CT molecular complexity index is 919. The molecule has 0 aliphatic carbocycles. The molecule has 2 aromatic rings. The lowest BCUT2D eigenvalue weighted by molar-refractivity contribution is -0.114. The topological polar surface area (TPSA) is 92.3 Å². The summed E-state index contributed by atoms with van der Waals surface area (Å²) in [6, 6.07) is 13.4. The van der Waals surface area contributed by atoms with Gasteiger partial charge in [-0.15, -0.1) is 0 Å². The number of hydrogen-bond donors (Lipinski definition) is 2. The monoisotopic (exact) mass is 358 g/mol. The standard InChI is InChI=1S/C18H18N2O4S/c1-13-8-9-16(12-17(13)19-14(2)21)18(22)20-25(23,24)11-10-15-6-4-3-5-7-15/h3-12H,1-2H3,(H,19,21)(H,20,22)/b11-10+. The molecule has 25 heavy (non-hydrogen) atoms. The number of nitrogens with one attached hydrogen (secondary N) is 2. The highest BCUT2D eigenvalue weighted by Crippen LogP contribution is 2.17. The molecule has 0 heterocycles. The minimum Gasteiger partial charge on any atom is -0.326 e. The van der Waals surface area contributed by atoms with Crippen LogP contribution in [0.5, 0.6) is 0 Å². The summed E-state index contributed by atoms with van der Waals surface area (Å²) in [6.45, 7) is 3.12. The molecular formula is C18H18N2O4S. The van der Waals surface area contributed by atoms with E-state index in [2.05, 4.69) is 5.32 Å². The summed E-state index contributed by atoms with van der Waals surface area (Å²) in [7, 11) is -3.94. The fraction of sp³-hybridized carbons (Fsp3) is 0.111. The second-order valence-corrected chi connectivity index (χ2v) is 6.97. The highest BCUT2D eigenvalue weighted by Gasteiger charge is 2.14. The Morgan fingerprint density at radius 2 is 1.72 bits per heavy atom. The van der Waals surface area contributed by atoms with Gasteiger partial charge in [0.2, 0.25) is 5.91 Å². The molecule has 0 unspecified atom stereocenters. The van der Waals surface area contributed by atoms with Crippen LogP contribution >= 0.6 is 0 Å². The molecule has 2 N–H and O–H groups in total. The van der Waals surface area contributed by atoms with Gasteiger partial charge in [-0.3, -0.25) is 9.59 Å². The number of amides is 2. The van der Waals surface area contributed by atoms with Crippen LogP contribution in [0.1, 0.15) is 28.4 Å². The molecule has 2 amide bonds. The smallest absolute Gasteiger partial charge is 0.265 e. The van der Waals surface area contributed by atoms with Crippen molar-refractivity contribution in [1.82, 2.24) is 4.72 Å². The van der Waals surface area contributed by atoms with E-state index in [9.17, 15) is 18.0 Å². The predicted molar refractivity (Wildman–Crippen MR) is 97.3 cm³/mol. The van der Waals surface area contributed by atoms with Crippen molar-refractivity contribution < 1.29 is 18.0 Å². The molecule has 0 saturated carbocycles. The number of aryl methyl sites for hydroxylation is 1. The maximum absolute atomic E-state index is 12.2. The lowest BCUT2D eigenvalue weighted by atomic mass is 10.1. The number of sulfonamides is 1. The Morgan fingerprint density at radius 1 is 1.04 bits per heavy atom. The van der Waals surface area contributed by atoms with Gasteiger partial charge in [-0.05, 0) is 36.3 Å². The minimum absolute atomic E-state index is 0.131. The third-order valence-corrected chi connectivity index (χ3v) is 4.25. The van der Waals surface area contributed by atoms with Crippen LogP contribution in [0.3, 0.4) is 0 Å². The van der Waals surface area contributed by atoms with Crippen LogP contribution in [-0.4, -0.2) is 20.2 Å². The number of carbonyl (C=O) groups excluding carboxylic acids is 2. The van der Waals surface area contributed by atoms with E-state index in [0.717, 1.165) is 11.0 Å². The molecule has 0 saturated heterocycles. The summed E-state index contributed by atoms with van der Waals surface area (Å²) in [5.41, 5.74) is 2.05. The van der Waals surface area contributed by atoms with Crippen molar-refractivity contribution in [3.63, 3.8) is 0 Å². The van der Waals surface area contributed by atoms with Crippen molar-refractivity contribution in [2.45, 2.75) is 13.8 Å². The Kier molecular flexibility index (Phi) is 5.71. The minimum atomic E-state index is -3.94. The molecule has 0 fully saturated rings. The van der Waals surface area contributed by atoms with E-state index in [-0.39, 0.29) is 11.5 Å². The van der Waals surface area contributed by atoms with Crippen LogP contribution in [0.2, 0.25) is 0 Å². The maximum atomic E-state index is 12.2. The molecule has 130 valence electrons. The van der Waals surface area contributed by atoms with Gasteiger partial charge in [-0.25, -0.2) is 13.1 Å². The lowest BCUT2D eigenvalue weighted by Gasteiger charge is -2.09. The first-order chi connectivity index (χ1) is 11.8. The van der Waals surface area contributed by atoms with Crippen molar-refractivity contribution in [2.75, 3.05) is 5.32 Å². The van der Waals surface area contributed by atoms with Crippen molar-refractivity contribution in [1.29, 1.82) is 0 Å². The Morgan fingerprint density at radius 3 is 2.36 bits per heavy atom. The summed E-state index contributed by atoms with van der Waals surface area (Å²) < 4.78 is 26.0. The molecule has 0 atom stereocenters. The van der Waals surface area contributed by atoms with Gasteiger partial charge in [-0.2, -0.15) is 0 Å². The van der Waals surface area contributed by atoms with Gasteiger partial charge in [-0.1, -0.05) is 36.4 Å². The number of anilines is 1. The summed E-state index contributed by atoms with van der Waals surface area (Å²) >= 11 is 0. The van der Waals surface area contributed by atoms with E-state index in [1.165, 1.54) is 25.1 Å². The zero-order valence-corrected chi connectivity index (χ0v) is 14.6. The molecule has 0 bridgehead atoms. The molecule has 7 heteroatoms. The first kappa shape index (κ1) is 18.4. The van der Waals surface area contributed by atoms with Crippen molar-refractivity contribution in [3.05, 3.63) is 70.6 Å². The van der Waals surface area contributed by atoms with Crippen LogP contribution < -0.4 is 10.0 Å². The Balaban J connectivity index is 2.15. The molecule has 0 radical (unpaired) electrons. The van der Waals surface area contributed by atoms with Crippen molar-refractivity contribution in [3.8, 4) is 0 Å². The fourth-order valence-electron chi connectivity index (χ4n) is 2.04. The molecule has 2 aromatic carbocycles. The van der Waals surface area contributed by atoms with Gasteiger partial charge in [0, 0.05) is 18.2 Å². The van der Waals surface area contributed by atoms with Gasteiger partial charge < -0.3 is 5.32 Å². The zero-order valence-electron chi connectivity index (χ0n) is 13.8. The first-order valence-corrected chi connectivity index (χ1v) is 9.00. The van der Waals surface area contributed by atoms with Crippen molar-refractivity contribution in [2.24, 2.45) is 0 Å². The second kappa shape index (κ2) is 7.76. The average molecular weight is 358 g/mol.